The highest BCUT2D eigenvalue weighted by molar-refractivity contribution is 6.07. The van der Waals surface area contributed by atoms with E-state index < -0.39 is 0 Å². The van der Waals surface area contributed by atoms with Crippen LogP contribution in [0.4, 0.5) is 0 Å². The molecular weight excluding hydrogens is 276 g/mol. The van der Waals surface area contributed by atoms with Gasteiger partial charge in [-0.1, -0.05) is 31.4 Å². The Hall–Kier alpha value is -1.97. The summed E-state index contributed by atoms with van der Waals surface area (Å²) in [6.07, 6.45) is 8.68. The molecule has 1 heterocycles. The van der Waals surface area contributed by atoms with E-state index in [1.807, 2.05) is 24.4 Å². The molecule has 0 radical (unpaired) electrons. The van der Waals surface area contributed by atoms with E-state index in [9.17, 15) is 0 Å². The molecule has 0 unspecified atom stereocenters. The first kappa shape index (κ1) is 14.9. The van der Waals surface area contributed by atoms with Gasteiger partial charge in [-0.2, -0.15) is 0 Å². The van der Waals surface area contributed by atoms with Crippen LogP contribution in [0.25, 0.3) is 10.9 Å². The molecule has 1 saturated carbocycles. The molecule has 1 fully saturated rings. The summed E-state index contributed by atoms with van der Waals surface area (Å²) < 4.78 is 13.0. The number of nitrogens with one attached hydrogen (secondary N) is 1. The first-order chi connectivity index (χ1) is 10.7. The molecule has 0 atom stereocenters. The van der Waals surface area contributed by atoms with Crippen LogP contribution >= 0.6 is 0 Å². The molecule has 0 spiro atoms. The standard InChI is InChI=1S/C18H24N2O2/c1-21-16-10-6-9-14-15(18(19)22-2)12-20(17(14)16)11-13-7-4-3-5-8-13/h6,9-10,12-13,19H,3-5,7-8,11H2,1-2H3. The summed E-state index contributed by atoms with van der Waals surface area (Å²) in [5.41, 5.74) is 1.92. The Balaban J connectivity index is 2.05. The summed E-state index contributed by atoms with van der Waals surface area (Å²) >= 11 is 0. The van der Waals surface area contributed by atoms with Crippen molar-refractivity contribution in [1.82, 2.24) is 4.57 Å². The van der Waals surface area contributed by atoms with Gasteiger partial charge >= 0.3 is 0 Å². The van der Waals surface area contributed by atoms with Crippen molar-refractivity contribution in [2.24, 2.45) is 5.92 Å². The number of para-hydroxylation sites is 1. The van der Waals surface area contributed by atoms with Crippen LogP contribution in [-0.2, 0) is 11.3 Å². The van der Waals surface area contributed by atoms with Crippen molar-refractivity contribution in [2.45, 2.75) is 38.6 Å². The fourth-order valence-corrected chi connectivity index (χ4v) is 3.57. The maximum atomic E-state index is 8.04. The molecule has 1 aliphatic carbocycles. The number of nitrogens with zero attached hydrogens (tertiary/aromatic N) is 1. The van der Waals surface area contributed by atoms with Gasteiger partial charge in [0.25, 0.3) is 0 Å². The van der Waals surface area contributed by atoms with E-state index in [4.69, 9.17) is 14.9 Å². The maximum absolute atomic E-state index is 8.04. The summed E-state index contributed by atoms with van der Waals surface area (Å²) in [5.74, 6) is 1.79. The normalized spacial score (nSPS) is 15.9. The third kappa shape index (κ3) is 2.70. The average molecular weight is 300 g/mol. The minimum Gasteiger partial charge on any atom is -0.495 e. The highest BCUT2D eigenvalue weighted by Crippen LogP contribution is 2.33. The fourth-order valence-electron chi connectivity index (χ4n) is 3.57. The minimum absolute atomic E-state index is 0.209. The summed E-state index contributed by atoms with van der Waals surface area (Å²) in [5, 5.41) is 9.07. The third-order valence-electron chi connectivity index (χ3n) is 4.71. The molecule has 0 amide bonds. The monoisotopic (exact) mass is 300 g/mol. The molecule has 118 valence electrons. The number of rotatable bonds is 4. The number of hydrogen-bond acceptors (Lipinski definition) is 3. The highest BCUT2D eigenvalue weighted by atomic mass is 16.5. The van der Waals surface area contributed by atoms with Crippen LogP contribution in [0.5, 0.6) is 5.75 Å². The number of ether oxygens (including phenoxy) is 2. The second-order valence-corrected chi connectivity index (χ2v) is 6.09. The van der Waals surface area contributed by atoms with Crippen LogP contribution in [-0.4, -0.2) is 24.7 Å². The zero-order valence-corrected chi connectivity index (χ0v) is 13.4. The molecule has 0 bridgehead atoms. The molecule has 1 N–H and O–H groups in total. The average Bonchev–Trinajstić information content (AvgIpc) is 2.94. The molecule has 0 aliphatic heterocycles. The van der Waals surface area contributed by atoms with Crippen LogP contribution in [0, 0.1) is 11.3 Å². The number of aromatic nitrogens is 1. The van der Waals surface area contributed by atoms with Crippen LogP contribution in [0.15, 0.2) is 24.4 Å². The quantitative estimate of drug-likeness (QED) is 0.679. The van der Waals surface area contributed by atoms with E-state index in [0.717, 1.165) is 34.7 Å². The van der Waals surface area contributed by atoms with Gasteiger partial charge in [0.2, 0.25) is 5.90 Å². The van der Waals surface area contributed by atoms with Crippen molar-refractivity contribution in [3.8, 4) is 5.75 Å². The number of methoxy groups -OCH3 is 2. The lowest BCUT2D eigenvalue weighted by molar-refractivity contribution is 0.321. The van der Waals surface area contributed by atoms with E-state index in [0.29, 0.717) is 0 Å². The summed E-state index contributed by atoms with van der Waals surface area (Å²) in [4.78, 5) is 0. The lowest BCUT2D eigenvalue weighted by Crippen LogP contribution is -2.13. The molecule has 0 saturated heterocycles. The maximum Gasteiger partial charge on any atom is 0.215 e. The van der Waals surface area contributed by atoms with Crippen LogP contribution in [0.1, 0.15) is 37.7 Å². The first-order valence-corrected chi connectivity index (χ1v) is 8.03. The van der Waals surface area contributed by atoms with Gasteiger partial charge in [-0.3, -0.25) is 5.41 Å². The highest BCUT2D eigenvalue weighted by Gasteiger charge is 2.20. The van der Waals surface area contributed by atoms with Gasteiger partial charge in [0, 0.05) is 18.1 Å². The molecule has 1 aromatic heterocycles. The smallest absolute Gasteiger partial charge is 0.215 e. The topological polar surface area (TPSA) is 47.2 Å². The van der Waals surface area contributed by atoms with E-state index in [1.54, 1.807) is 14.2 Å². The van der Waals surface area contributed by atoms with Gasteiger partial charge in [-0.05, 0) is 24.8 Å². The van der Waals surface area contributed by atoms with Crippen molar-refractivity contribution in [2.75, 3.05) is 14.2 Å². The van der Waals surface area contributed by atoms with Gasteiger partial charge in [-0.25, -0.2) is 0 Å². The van der Waals surface area contributed by atoms with Gasteiger partial charge in [0.15, 0.2) is 0 Å². The molecule has 4 heteroatoms. The molecule has 1 aliphatic rings. The lowest BCUT2D eigenvalue weighted by atomic mass is 9.89. The second kappa shape index (κ2) is 6.42. The molecule has 2 aromatic rings. The zero-order chi connectivity index (χ0) is 15.5. The molecule has 22 heavy (non-hydrogen) atoms. The third-order valence-corrected chi connectivity index (χ3v) is 4.71. The van der Waals surface area contributed by atoms with Crippen molar-refractivity contribution in [1.29, 1.82) is 5.41 Å². The van der Waals surface area contributed by atoms with Crippen LogP contribution < -0.4 is 4.74 Å². The van der Waals surface area contributed by atoms with Crippen molar-refractivity contribution in [3.63, 3.8) is 0 Å². The first-order valence-electron chi connectivity index (χ1n) is 8.03. The molecule has 4 nitrogen and oxygen atoms in total. The van der Waals surface area contributed by atoms with E-state index in [1.165, 1.54) is 32.1 Å². The second-order valence-electron chi connectivity index (χ2n) is 6.09. The molecule has 1 aromatic carbocycles. The number of benzene rings is 1. The summed E-state index contributed by atoms with van der Waals surface area (Å²) in [7, 11) is 3.25. The van der Waals surface area contributed by atoms with Gasteiger partial charge in [0.1, 0.15) is 5.75 Å². The van der Waals surface area contributed by atoms with Crippen LogP contribution in [0.2, 0.25) is 0 Å². The van der Waals surface area contributed by atoms with Crippen molar-refractivity contribution >= 4 is 16.8 Å². The Bertz CT molecular complexity index is 669. The molecule has 3 rings (SSSR count). The Morgan fingerprint density at radius 1 is 1.23 bits per heavy atom. The van der Waals surface area contributed by atoms with Gasteiger partial charge < -0.3 is 14.0 Å². The van der Waals surface area contributed by atoms with Gasteiger partial charge in [0.05, 0.1) is 25.3 Å². The number of hydrogen-bond donors (Lipinski definition) is 1. The van der Waals surface area contributed by atoms with Crippen molar-refractivity contribution in [3.05, 3.63) is 30.0 Å². The largest absolute Gasteiger partial charge is 0.495 e. The number of fused-ring (bicyclic) bond motifs is 1. The lowest BCUT2D eigenvalue weighted by Gasteiger charge is -2.22. The predicted octanol–water partition coefficient (Wildman–Crippen LogP) is 4.20. The van der Waals surface area contributed by atoms with Crippen LogP contribution in [0.3, 0.4) is 0 Å². The zero-order valence-electron chi connectivity index (χ0n) is 13.4. The van der Waals surface area contributed by atoms with E-state index in [-0.39, 0.29) is 5.90 Å². The fraction of sp³-hybridized carbons (Fsp3) is 0.500. The van der Waals surface area contributed by atoms with E-state index >= 15 is 0 Å². The Kier molecular flexibility index (Phi) is 4.36. The Morgan fingerprint density at radius 3 is 2.68 bits per heavy atom. The Labute approximate surface area is 131 Å². The minimum atomic E-state index is 0.209. The summed E-state index contributed by atoms with van der Waals surface area (Å²) in [6.45, 7) is 0.994. The SMILES string of the molecule is COC(=N)c1cn(CC2CCCCC2)c2c(OC)cccc12. The predicted molar refractivity (Wildman–Crippen MR) is 88.9 cm³/mol. The summed E-state index contributed by atoms with van der Waals surface area (Å²) in [6, 6.07) is 6.00. The van der Waals surface area contributed by atoms with E-state index in [2.05, 4.69) is 4.57 Å². The molecular formula is C18H24N2O2. The Morgan fingerprint density at radius 2 is 2.00 bits per heavy atom. The van der Waals surface area contributed by atoms with Gasteiger partial charge in [-0.15, -0.1) is 0 Å². The van der Waals surface area contributed by atoms with Crippen molar-refractivity contribution < 1.29 is 9.47 Å².